The number of cyclic esters (lactones) is 2. The van der Waals surface area contributed by atoms with Crippen molar-refractivity contribution in [1.82, 2.24) is 0 Å². The average Bonchev–Trinajstić information content (AvgIpc) is 2.37. The van der Waals surface area contributed by atoms with Crippen LogP contribution in [0.1, 0.15) is 13.8 Å². The van der Waals surface area contributed by atoms with Crippen LogP contribution in [0.4, 0.5) is 5.69 Å². The van der Waals surface area contributed by atoms with Crippen LogP contribution in [0.2, 0.25) is 0 Å². The summed E-state index contributed by atoms with van der Waals surface area (Å²) < 4.78 is 16.0. The van der Waals surface area contributed by atoms with Crippen molar-refractivity contribution in [3.8, 4) is 5.75 Å². The third kappa shape index (κ3) is 3.55. The van der Waals surface area contributed by atoms with Crippen molar-refractivity contribution in [3.05, 3.63) is 34.4 Å². The summed E-state index contributed by atoms with van der Waals surface area (Å²) in [6, 6.07) is 5.29. The molecule has 0 aromatic heterocycles. The maximum atomic E-state index is 11.8. The first-order valence-electron chi connectivity index (χ1n) is 6.09. The van der Waals surface area contributed by atoms with Crippen LogP contribution < -0.4 is 10.1 Å². The van der Waals surface area contributed by atoms with Gasteiger partial charge in [0.1, 0.15) is 5.75 Å². The number of benzene rings is 1. The van der Waals surface area contributed by atoms with E-state index in [1.54, 1.807) is 18.2 Å². The molecule has 6 nitrogen and oxygen atoms in total. The lowest BCUT2D eigenvalue weighted by atomic mass is 10.2. The summed E-state index contributed by atoms with van der Waals surface area (Å²) in [5.74, 6) is -2.17. The number of ether oxygens (including phenoxy) is 3. The zero-order chi connectivity index (χ0) is 15.6. The summed E-state index contributed by atoms with van der Waals surface area (Å²) in [5.41, 5.74) is 0.387. The first-order chi connectivity index (χ1) is 9.82. The molecule has 1 heterocycles. The van der Waals surface area contributed by atoms with Gasteiger partial charge in [-0.3, -0.25) is 0 Å². The molecule has 1 N–H and O–H groups in total. The van der Waals surface area contributed by atoms with E-state index in [4.69, 9.17) is 14.2 Å². The van der Waals surface area contributed by atoms with E-state index in [0.717, 1.165) is 4.47 Å². The summed E-state index contributed by atoms with van der Waals surface area (Å²) in [6.07, 6.45) is 1.24. The van der Waals surface area contributed by atoms with Crippen LogP contribution in [0.5, 0.6) is 5.75 Å². The van der Waals surface area contributed by atoms with Gasteiger partial charge in [-0.1, -0.05) is 15.9 Å². The van der Waals surface area contributed by atoms with Crippen molar-refractivity contribution in [1.29, 1.82) is 0 Å². The van der Waals surface area contributed by atoms with Gasteiger partial charge in [-0.15, -0.1) is 0 Å². The van der Waals surface area contributed by atoms with Gasteiger partial charge in [0.15, 0.2) is 5.57 Å². The molecule has 0 spiro atoms. The third-order valence-electron chi connectivity index (χ3n) is 2.65. The van der Waals surface area contributed by atoms with Gasteiger partial charge in [-0.05, 0) is 18.2 Å². The Morgan fingerprint density at radius 3 is 2.43 bits per heavy atom. The van der Waals surface area contributed by atoms with Gasteiger partial charge in [0.2, 0.25) is 0 Å². The second kappa shape index (κ2) is 5.77. The summed E-state index contributed by atoms with van der Waals surface area (Å²) in [4.78, 5) is 23.6. The highest BCUT2D eigenvalue weighted by molar-refractivity contribution is 9.10. The number of hydrogen-bond acceptors (Lipinski definition) is 6. The fraction of sp³-hybridized carbons (Fsp3) is 0.286. The van der Waals surface area contributed by atoms with Crippen molar-refractivity contribution >= 4 is 33.6 Å². The Morgan fingerprint density at radius 2 is 1.86 bits per heavy atom. The van der Waals surface area contributed by atoms with Crippen molar-refractivity contribution in [2.45, 2.75) is 19.6 Å². The van der Waals surface area contributed by atoms with Gasteiger partial charge in [0, 0.05) is 24.5 Å². The highest BCUT2D eigenvalue weighted by Crippen LogP contribution is 2.29. The number of anilines is 1. The number of nitrogens with one attached hydrogen (secondary N) is 1. The highest BCUT2D eigenvalue weighted by atomic mass is 79.9. The van der Waals surface area contributed by atoms with Gasteiger partial charge in [0.25, 0.3) is 5.79 Å². The van der Waals surface area contributed by atoms with E-state index in [9.17, 15) is 9.59 Å². The van der Waals surface area contributed by atoms with Gasteiger partial charge in [-0.2, -0.15) is 0 Å². The van der Waals surface area contributed by atoms with E-state index in [1.165, 1.54) is 27.2 Å². The number of carbonyl (C=O) groups is 2. The second-order valence-electron chi connectivity index (χ2n) is 4.73. The Balaban J connectivity index is 2.22. The lowest BCUT2D eigenvalue weighted by molar-refractivity contribution is -0.222. The Kier molecular flexibility index (Phi) is 4.22. The summed E-state index contributed by atoms with van der Waals surface area (Å²) in [5, 5.41) is 2.84. The summed E-state index contributed by atoms with van der Waals surface area (Å²) >= 11 is 3.32. The molecule has 1 aliphatic heterocycles. The lowest BCUT2D eigenvalue weighted by Gasteiger charge is -2.29. The normalized spacial score (nSPS) is 16.9. The van der Waals surface area contributed by atoms with Crippen LogP contribution >= 0.6 is 15.9 Å². The lowest BCUT2D eigenvalue weighted by Crippen LogP contribution is -2.42. The summed E-state index contributed by atoms with van der Waals surface area (Å²) in [7, 11) is 1.52. The molecule has 1 aromatic carbocycles. The SMILES string of the molecule is COc1cc(Br)ccc1NC=C1C(=O)OC(C)(C)OC1=O. The predicted octanol–water partition coefficient (Wildman–Crippen LogP) is 2.59. The number of esters is 2. The molecular formula is C14H14BrNO5. The maximum Gasteiger partial charge on any atom is 0.350 e. The van der Waals surface area contributed by atoms with Crippen LogP contribution in [-0.4, -0.2) is 24.8 Å². The van der Waals surface area contributed by atoms with Gasteiger partial charge >= 0.3 is 11.9 Å². The topological polar surface area (TPSA) is 73.9 Å². The fourth-order valence-corrected chi connectivity index (χ4v) is 2.05. The minimum Gasteiger partial charge on any atom is -0.495 e. The van der Waals surface area contributed by atoms with Gasteiger partial charge < -0.3 is 19.5 Å². The molecule has 0 atom stereocenters. The van der Waals surface area contributed by atoms with Crippen molar-refractivity contribution in [3.63, 3.8) is 0 Å². The number of halogens is 1. The third-order valence-corrected chi connectivity index (χ3v) is 3.15. The van der Waals surface area contributed by atoms with Crippen LogP contribution in [0.15, 0.2) is 34.4 Å². The van der Waals surface area contributed by atoms with Crippen molar-refractivity contribution < 1.29 is 23.8 Å². The van der Waals surface area contributed by atoms with Gasteiger partial charge in [-0.25, -0.2) is 9.59 Å². The Labute approximate surface area is 130 Å². The Morgan fingerprint density at radius 1 is 1.24 bits per heavy atom. The largest absolute Gasteiger partial charge is 0.495 e. The van der Waals surface area contributed by atoms with E-state index >= 15 is 0 Å². The van der Waals surface area contributed by atoms with E-state index < -0.39 is 17.7 Å². The molecule has 112 valence electrons. The molecule has 0 bridgehead atoms. The Bertz CT molecular complexity index is 602. The first-order valence-corrected chi connectivity index (χ1v) is 6.88. The van der Waals surface area contributed by atoms with Crippen LogP contribution in [-0.2, 0) is 19.1 Å². The fourth-order valence-electron chi connectivity index (χ4n) is 1.71. The number of methoxy groups -OCH3 is 1. The molecule has 0 aliphatic carbocycles. The maximum absolute atomic E-state index is 11.8. The molecule has 1 aliphatic rings. The number of rotatable bonds is 3. The van der Waals surface area contributed by atoms with Crippen LogP contribution in [0.3, 0.4) is 0 Å². The molecule has 2 rings (SSSR count). The first kappa shape index (κ1) is 15.4. The van der Waals surface area contributed by atoms with Crippen LogP contribution in [0.25, 0.3) is 0 Å². The average molecular weight is 356 g/mol. The van der Waals surface area contributed by atoms with E-state index in [-0.39, 0.29) is 5.57 Å². The molecule has 0 radical (unpaired) electrons. The van der Waals surface area contributed by atoms with Crippen molar-refractivity contribution in [2.75, 3.05) is 12.4 Å². The Hall–Kier alpha value is -2.02. The minimum atomic E-state index is -1.25. The molecule has 21 heavy (non-hydrogen) atoms. The smallest absolute Gasteiger partial charge is 0.350 e. The molecule has 0 saturated carbocycles. The zero-order valence-electron chi connectivity index (χ0n) is 11.7. The molecular weight excluding hydrogens is 342 g/mol. The predicted molar refractivity (Wildman–Crippen MR) is 78.7 cm³/mol. The van der Waals surface area contributed by atoms with E-state index in [0.29, 0.717) is 11.4 Å². The van der Waals surface area contributed by atoms with E-state index in [2.05, 4.69) is 21.2 Å². The molecule has 1 aromatic rings. The molecule has 1 saturated heterocycles. The van der Waals surface area contributed by atoms with Gasteiger partial charge in [0.05, 0.1) is 12.8 Å². The zero-order valence-corrected chi connectivity index (χ0v) is 13.3. The number of hydrogen-bond donors (Lipinski definition) is 1. The molecule has 0 unspecified atom stereocenters. The van der Waals surface area contributed by atoms with Crippen LogP contribution in [0, 0.1) is 0 Å². The van der Waals surface area contributed by atoms with E-state index in [1.807, 2.05) is 0 Å². The monoisotopic (exact) mass is 355 g/mol. The van der Waals surface area contributed by atoms with Crippen molar-refractivity contribution in [2.24, 2.45) is 0 Å². The minimum absolute atomic E-state index is 0.209. The highest BCUT2D eigenvalue weighted by Gasteiger charge is 2.38. The summed E-state index contributed by atoms with van der Waals surface area (Å²) in [6.45, 7) is 2.98. The quantitative estimate of drug-likeness (QED) is 0.510. The molecule has 1 fully saturated rings. The molecule has 0 amide bonds. The molecule has 7 heteroatoms. The second-order valence-corrected chi connectivity index (χ2v) is 5.64. The number of carbonyl (C=O) groups excluding carboxylic acids is 2. The standard InChI is InChI=1S/C14H14BrNO5/c1-14(2)20-12(17)9(13(18)21-14)7-16-10-5-4-8(15)6-11(10)19-3/h4-7,16H,1-3H3.